The predicted molar refractivity (Wildman–Crippen MR) is 105 cm³/mol. The topological polar surface area (TPSA) is 64.6 Å². The van der Waals surface area contributed by atoms with Crippen molar-refractivity contribution >= 4 is 23.7 Å². The van der Waals surface area contributed by atoms with Crippen LogP contribution >= 0.6 is 11.8 Å². The molecule has 0 saturated heterocycles. The molecular weight excluding hydrogens is 362 g/mol. The maximum atomic E-state index is 12.8. The Balaban J connectivity index is 2.09. The number of unbranched alkanes of at least 4 members (excludes halogenated alkanes) is 1. The van der Waals surface area contributed by atoms with Gasteiger partial charge in [-0.25, -0.2) is 9.59 Å². The molecule has 144 valence electrons. The zero-order valence-corrected chi connectivity index (χ0v) is 16.8. The van der Waals surface area contributed by atoms with Crippen LogP contribution in [0.15, 0.2) is 51.7 Å². The van der Waals surface area contributed by atoms with E-state index in [1.165, 1.54) is 0 Å². The Labute approximate surface area is 164 Å². The van der Waals surface area contributed by atoms with E-state index in [0.29, 0.717) is 16.8 Å². The summed E-state index contributed by atoms with van der Waals surface area (Å²) >= 11 is 1.76. The van der Waals surface area contributed by atoms with Gasteiger partial charge in [-0.3, -0.25) is 0 Å². The quantitative estimate of drug-likeness (QED) is 0.435. The van der Waals surface area contributed by atoms with E-state index in [-0.39, 0.29) is 19.2 Å². The average molecular weight is 388 g/mol. The van der Waals surface area contributed by atoms with E-state index in [1.807, 2.05) is 25.1 Å². The molecule has 1 aromatic rings. The third kappa shape index (κ3) is 3.90. The fourth-order valence-electron chi connectivity index (χ4n) is 3.43. The second-order valence-corrected chi connectivity index (χ2v) is 7.66. The molecule has 1 aromatic carbocycles. The van der Waals surface area contributed by atoms with Gasteiger partial charge in [0.15, 0.2) is 0 Å². The van der Waals surface area contributed by atoms with Gasteiger partial charge >= 0.3 is 11.9 Å². The van der Waals surface area contributed by atoms with Gasteiger partial charge < -0.3 is 14.8 Å². The lowest BCUT2D eigenvalue weighted by Crippen LogP contribution is -2.30. The van der Waals surface area contributed by atoms with E-state index >= 15 is 0 Å². The van der Waals surface area contributed by atoms with Crippen molar-refractivity contribution in [2.24, 2.45) is 0 Å². The summed E-state index contributed by atoms with van der Waals surface area (Å²) in [5.41, 5.74) is 3.41. The number of dihydropyridines is 1. The van der Waals surface area contributed by atoms with Crippen molar-refractivity contribution in [3.8, 4) is 0 Å². The zero-order chi connectivity index (χ0) is 19.4. The molecule has 2 aliphatic rings. The minimum atomic E-state index is -0.472. The van der Waals surface area contributed by atoms with E-state index in [1.54, 1.807) is 18.7 Å². The van der Waals surface area contributed by atoms with Crippen molar-refractivity contribution in [1.29, 1.82) is 0 Å². The Hall–Kier alpha value is -2.21. The highest BCUT2D eigenvalue weighted by Gasteiger charge is 2.42. The van der Waals surface area contributed by atoms with Crippen LogP contribution in [-0.4, -0.2) is 30.9 Å². The molecule has 1 N–H and O–H groups in total. The first kappa shape index (κ1) is 19.5. The molecule has 0 amide bonds. The summed E-state index contributed by atoms with van der Waals surface area (Å²) in [6.07, 6.45) is 2.23. The maximum absolute atomic E-state index is 12.8. The summed E-state index contributed by atoms with van der Waals surface area (Å²) in [5.74, 6) is -0.246. The van der Waals surface area contributed by atoms with E-state index in [4.69, 9.17) is 9.47 Å². The van der Waals surface area contributed by atoms with Gasteiger partial charge in [0.05, 0.1) is 29.4 Å². The minimum absolute atomic E-state index is 0.212. The molecule has 5 nitrogen and oxygen atoms in total. The fraction of sp³-hybridized carbons (Fsp3) is 0.429. The summed E-state index contributed by atoms with van der Waals surface area (Å²) < 4.78 is 10.6. The van der Waals surface area contributed by atoms with Crippen LogP contribution in [-0.2, 0) is 19.1 Å². The van der Waals surface area contributed by atoms with Crippen LogP contribution in [0.1, 0.15) is 45.1 Å². The van der Waals surface area contributed by atoms with Gasteiger partial charge in [0, 0.05) is 10.6 Å². The molecule has 27 heavy (non-hydrogen) atoms. The molecule has 0 radical (unpaired) electrons. The molecule has 1 atom stereocenters. The number of hydrogen-bond acceptors (Lipinski definition) is 6. The highest BCUT2D eigenvalue weighted by molar-refractivity contribution is 7.99. The largest absolute Gasteiger partial charge is 0.463 e. The molecule has 2 aliphatic heterocycles. The van der Waals surface area contributed by atoms with Gasteiger partial charge in [0.25, 0.3) is 0 Å². The van der Waals surface area contributed by atoms with Crippen molar-refractivity contribution in [2.45, 2.75) is 44.4 Å². The Morgan fingerprint density at radius 2 is 2.11 bits per heavy atom. The summed E-state index contributed by atoms with van der Waals surface area (Å²) in [7, 11) is 0. The fourth-order valence-corrected chi connectivity index (χ4v) is 4.61. The highest BCUT2D eigenvalue weighted by Crippen LogP contribution is 2.44. The van der Waals surface area contributed by atoms with Gasteiger partial charge in [-0.15, -0.1) is 11.8 Å². The Morgan fingerprint density at radius 1 is 1.33 bits per heavy atom. The number of carbonyl (C=O) groups excluding carboxylic acids is 2. The number of nitrogens with one attached hydrogen (secondary N) is 1. The van der Waals surface area contributed by atoms with Crippen molar-refractivity contribution < 1.29 is 19.1 Å². The number of cyclic esters (lactones) is 1. The first-order valence-corrected chi connectivity index (χ1v) is 10.3. The van der Waals surface area contributed by atoms with Gasteiger partial charge in [-0.1, -0.05) is 31.5 Å². The summed E-state index contributed by atoms with van der Waals surface area (Å²) in [4.78, 5) is 26.3. The molecule has 2 heterocycles. The van der Waals surface area contributed by atoms with Gasteiger partial charge in [0.2, 0.25) is 0 Å². The number of benzene rings is 1. The van der Waals surface area contributed by atoms with Gasteiger partial charge in [-0.2, -0.15) is 0 Å². The van der Waals surface area contributed by atoms with Crippen LogP contribution < -0.4 is 5.32 Å². The van der Waals surface area contributed by atoms with Crippen molar-refractivity contribution in [3.05, 3.63) is 52.4 Å². The normalized spacial score (nSPS) is 18.9. The third-order valence-corrected chi connectivity index (χ3v) is 5.87. The first-order chi connectivity index (χ1) is 13.1. The summed E-state index contributed by atoms with van der Waals surface area (Å²) in [6.45, 7) is 6.28. The third-order valence-electron chi connectivity index (χ3n) is 4.69. The van der Waals surface area contributed by atoms with E-state index in [0.717, 1.165) is 34.8 Å². The number of hydrogen-bond donors (Lipinski definition) is 1. The number of rotatable bonds is 7. The zero-order valence-electron chi connectivity index (χ0n) is 16.0. The van der Waals surface area contributed by atoms with Crippen LogP contribution in [0.25, 0.3) is 0 Å². The lowest BCUT2D eigenvalue weighted by Gasteiger charge is -2.28. The monoisotopic (exact) mass is 387 g/mol. The predicted octanol–water partition coefficient (Wildman–Crippen LogP) is 3.91. The van der Waals surface area contributed by atoms with Crippen LogP contribution in [0.4, 0.5) is 0 Å². The minimum Gasteiger partial charge on any atom is -0.463 e. The summed E-state index contributed by atoms with van der Waals surface area (Å²) in [5, 5.41) is 3.18. The number of thioether (sulfide) groups is 1. The molecule has 0 aliphatic carbocycles. The number of carbonyl (C=O) groups is 2. The molecule has 6 heteroatoms. The van der Waals surface area contributed by atoms with E-state index in [2.05, 4.69) is 18.3 Å². The molecule has 0 spiro atoms. The molecule has 3 rings (SSSR count). The number of ether oxygens (including phenoxy) is 2. The molecule has 0 saturated carbocycles. The smallest absolute Gasteiger partial charge is 0.337 e. The average Bonchev–Trinajstić information content (AvgIpc) is 3.02. The van der Waals surface area contributed by atoms with Gasteiger partial charge in [-0.05, 0) is 37.7 Å². The van der Waals surface area contributed by atoms with Crippen molar-refractivity contribution in [2.75, 3.05) is 19.0 Å². The van der Waals surface area contributed by atoms with Crippen LogP contribution in [0.3, 0.4) is 0 Å². The molecule has 0 bridgehead atoms. The molecule has 0 aromatic heterocycles. The van der Waals surface area contributed by atoms with E-state index in [9.17, 15) is 9.59 Å². The van der Waals surface area contributed by atoms with Crippen LogP contribution in [0, 0.1) is 0 Å². The second-order valence-electron chi connectivity index (χ2n) is 6.53. The van der Waals surface area contributed by atoms with Crippen LogP contribution in [0.2, 0.25) is 0 Å². The standard InChI is InChI=1S/C21H25NO4S/c1-4-6-11-27-16-10-8-7-9-14(16)18-17(20(23)25-5-2)13(3)22-15-12-26-21(24)19(15)18/h7-10,18,22H,4-6,11-12H2,1-3H3. The Kier molecular flexibility index (Phi) is 6.26. The lowest BCUT2D eigenvalue weighted by atomic mass is 9.81. The Bertz CT molecular complexity index is 812. The maximum Gasteiger partial charge on any atom is 0.337 e. The lowest BCUT2D eigenvalue weighted by molar-refractivity contribution is -0.138. The molecule has 1 unspecified atom stereocenters. The highest BCUT2D eigenvalue weighted by atomic mass is 32.2. The second kappa shape index (κ2) is 8.65. The van der Waals surface area contributed by atoms with E-state index < -0.39 is 11.9 Å². The SMILES string of the molecule is CCCCSc1ccccc1C1C(C(=O)OCC)=C(C)NC2=C1C(=O)OC2. The summed E-state index contributed by atoms with van der Waals surface area (Å²) in [6, 6.07) is 7.98. The van der Waals surface area contributed by atoms with Gasteiger partial charge in [0.1, 0.15) is 6.61 Å². The molecular formula is C21H25NO4S. The number of allylic oxidation sites excluding steroid dienone is 1. The molecule has 0 fully saturated rings. The Morgan fingerprint density at radius 3 is 2.85 bits per heavy atom. The van der Waals surface area contributed by atoms with Crippen molar-refractivity contribution in [1.82, 2.24) is 5.32 Å². The van der Waals surface area contributed by atoms with Crippen LogP contribution in [0.5, 0.6) is 0 Å². The first-order valence-electron chi connectivity index (χ1n) is 9.35. The number of esters is 2. The van der Waals surface area contributed by atoms with Crippen molar-refractivity contribution in [3.63, 3.8) is 0 Å².